The van der Waals surface area contributed by atoms with Gasteiger partial charge in [0.05, 0.1) is 5.56 Å². The van der Waals surface area contributed by atoms with Crippen molar-refractivity contribution in [2.24, 2.45) is 0 Å². The van der Waals surface area contributed by atoms with E-state index in [0.29, 0.717) is 17.2 Å². The van der Waals surface area contributed by atoms with E-state index in [1.807, 2.05) is 48.5 Å². The highest BCUT2D eigenvalue weighted by atomic mass is 35.5. The van der Waals surface area contributed by atoms with Crippen LogP contribution in [-0.4, -0.2) is 23.0 Å². The molecule has 0 saturated heterocycles. The Balaban J connectivity index is 1.38. The third-order valence-corrected chi connectivity index (χ3v) is 5.87. The fraction of sp³-hybridized carbons (Fsp3) is 0.103. The number of carbonyl (C=O) groups is 2. The van der Waals surface area contributed by atoms with Crippen molar-refractivity contribution < 1.29 is 23.8 Å². The smallest absolute Gasteiger partial charge is 0.344 e. The average molecular weight is 489 g/mol. The number of ketones is 1. The molecule has 0 aliphatic carbocycles. The zero-order valence-electron chi connectivity index (χ0n) is 18.7. The number of carboxylic acids is 1. The summed E-state index contributed by atoms with van der Waals surface area (Å²) in [5.41, 5.74) is 3.34. The van der Waals surface area contributed by atoms with Crippen molar-refractivity contribution in [3.8, 4) is 16.9 Å². The summed E-state index contributed by atoms with van der Waals surface area (Å²) in [6.07, 6.45) is -0.271. The molecule has 0 spiro atoms. The second kappa shape index (κ2) is 11.0. The first-order valence-electron chi connectivity index (χ1n) is 11.0. The predicted octanol–water partition coefficient (Wildman–Crippen LogP) is 6.84. The van der Waals surface area contributed by atoms with E-state index in [2.05, 4.69) is 0 Å². The van der Waals surface area contributed by atoms with Gasteiger partial charge in [-0.05, 0) is 78.1 Å². The monoisotopic (exact) mass is 488 g/mol. The lowest BCUT2D eigenvalue weighted by Gasteiger charge is -2.15. The summed E-state index contributed by atoms with van der Waals surface area (Å²) in [4.78, 5) is 24.3. The number of halogens is 2. The minimum Gasteiger partial charge on any atom is -0.479 e. The summed E-state index contributed by atoms with van der Waals surface area (Å²) in [6.45, 7) is 0. The lowest BCUT2D eigenvalue weighted by Crippen LogP contribution is -2.27. The number of hydrogen-bond acceptors (Lipinski definition) is 3. The Morgan fingerprint density at radius 1 is 0.829 bits per heavy atom. The third kappa shape index (κ3) is 6.14. The number of hydrogen-bond donors (Lipinski definition) is 1. The molecule has 1 N–H and O–H groups in total. The Morgan fingerprint density at radius 3 is 2.03 bits per heavy atom. The molecule has 0 fully saturated rings. The van der Waals surface area contributed by atoms with E-state index in [0.717, 1.165) is 16.7 Å². The minimum absolute atomic E-state index is 0.0216. The van der Waals surface area contributed by atoms with Crippen molar-refractivity contribution in [2.45, 2.75) is 18.9 Å². The maximum absolute atomic E-state index is 13.9. The minimum atomic E-state index is -1.07. The van der Waals surface area contributed by atoms with Gasteiger partial charge in [-0.15, -0.1) is 0 Å². The molecule has 0 aliphatic rings. The SMILES string of the molecule is O=C(c1ccc(OC(CCc2ccc(-c3ccc(Cl)cc3)cc2)C(=O)O)cc1)c1ccccc1F. The molecule has 1 atom stereocenters. The van der Waals surface area contributed by atoms with Crippen molar-refractivity contribution in [2.75, 3.05) is 0 Å². The van der Waals surface area contributed by atoms with Crippen LogP contribution in [0.15, 0.2) is 97.1 Å². The van der Waals surface area contributed by atoms with Gasteiger partial charge >= 0.3 is 5.97 Å². The molecule has 35 heavy (non-hydrogen) atoms. The quantitative estimate of drug-likeness (QED) is 0.262. The maximum atomic E-state index is 13.9. The number of aryl methyl sites for hydroxylation is 1. The molecule has 0 radical (unpaired) electrons. The van der Waals surface area contributed by atoms with Gasteiger partial charge in [-0.3, -0.25) is 4.79 Å². The Morgan fingerprint density at radius 2 is 1.43 bits per heavy atom. The first-order valence-corrected chi connectivity index (χ1v) is 11.4. The average Bonchev–Trinajstić information content (AvgIpc) is 2.87. The molecule has 176 valence electrons. The Bertz CT molecular complexity index is 1320. The number of aliphatic carboxylic acids is 1. The van der Waals surface area contributed by atoms with Gasteiger partial charge in [0.25, 0.3) is 0 Å². The van der Waals surface area contributed by atoms with Crippen molar-refractivity contribution >= 4 is 23.4 Å². The van der Waals surface area contributed by atoms with Crippen molar-refractivity contribution in [3.05, 3.63) is 125 Å². The number of benzene rings is 4. The van der Waals surface area contributed by atoms with E-state index in [1.54, 1.807) is 6.07 Å². The number of carboxylic acid groups (broad SMARTS) is 1. The van der Waals surface area contributed by atoms with Crippen LogP contribution in [0.1, 0.15) is 27.9 Å². The first-order chi connectivity index (χ1) is 16.9. The standard InChI is InChI=1S/C29H22ClFO4/c30-23-14-10-21(11-15-23)20-8-5-19(6-9-20)7-18-27(29(33)34)35-24-16-12-22(13-17-24)28(32)25-3-1-2-4-26(25)31/h1-6,8-17,27H,7,18H2,(H,33,34). The van der Waals surface area contributed by atoms with E-state index < -0.39 is 23.7 Å². The largest absolute Gasteiger partial charge is 0.479 e. The van der Waals surface area contributed by atoms with Crippen LogP contribution in [-0.2, 0) is 11.2 Å². The molecule has 4 aromatic rings. The van der Waals surface area contributed by atoms with E-state index in [1.165, 1.54) is 42.5 Å². The topological polar surface area (TPSA) is 63.6 Å². The fourth-order valence-corrected chi connectivity index (χ4v) is 3.81. The van der Waals surface area contributed by atoms with Gasteiger partial charge in [-0.2, -0.15) is 0 Å². The number of ether oxygens (including phenoxy) is 1. The Hall–Kier alpha value is -3.96. The Labute approximate surface area is 207 Å². The van der Waals surface area contributed by atoms with Crippen molar-refractivity contribution in [1.29, 1.82) is 0 Å². The molecule has 4 nitrogen and oxygen atoms in total. The first kappa shape index (κ1) is 24.2. The Kier molecular flexibility index (Phi) is 7.58. The number of carbonyl (C=O) groups excluding carboxylic acids is 1. The summed E-state index contributed by atoms with van der Waals surface area (Å²) < 4.78 is 19.6. The van der Waals surface area contributed by atoms with E-state index >= 15 is 0 Å². The molecule has 0 aromatic heterocycles. The van der Waals surface area contributed by atoms with Crippen LogP contribution in [0.2, 0.25) is 5.02 Å². The van der Waals surface area contributed by atoms with Gasteiger partial charge in [0.15, 0.2) is 11.9 Å². The molecule has 0 amide bonds. The highest BCUT2D eigenvalue weighted by molar-refractivity contribution is 6.30. The molecule has 4 rings (SSSR count). The van der Waals surface area contributed by atoms with Gasteiger partial charge in [-0.1, -0.05) is 60.1 Å². The highest BCUT2D eigenvalue weighted by Crippen LogP contribution is 2.23. The zero-order valence-corrected chi connectivity index (χ0v) is 19.4. The molecular formula is C29H22ClFO4. The van der Waals surface area contributed by atoms with E-state index in [9.17, 15) is 19.1 Å². The third-order valence-electron chi connectivity index (χ3n) is 5.62. The molecule has 1 unspecified atom stereocenters. The second-order valence-electron chi connectivity index (χ2n) is 8.02. The molecule has 0 aliphatic heterocycles. The molecular weight excluding hydrogens is 467 g/mol. The van der Waals surface area contributed by atoms with Crippen molar-refractivity contribution in [3.63, 3.8) is 0 Å². The van der Waals surface area contributed by atoms with Crippen LogP contribution in [0.25, 0.3) is 11.1 Å². The summed E-state index contributed by atoms with van der Waals surface area (Å²) >= 11 is 5.94. The van der Waals surface area contributed by atoms with Crippen LogP contribution in [0.5, 0.6) is 5.75 Å². The molecule has 4 aromatic carbocycles. The van der Waals surface area contributed by atoms with E-state index in [4.69, 9.17) is 16.3 Å². The van der Waals surface area contributed by atoms with Crippen LogP contribution in [0.3, 0.4) is 0 Å². The van der Waals surface area contributed by atoms with Gasteiger partial charge in [0.1, 0.15) is 11.6 Å². The predicted molar refractivity (Wildman–Crippen MR) is 134 cm³/mol. The summed E-state index contributed by atoms with van der Waals surface area (Å²) in [6, 6.07) is 27.3. The molecule has 0 heterocycles. The summed E-state index contributed by atoms with van der Waals surface area (Å²) in [5.74, 6) is -1.80. The molecule has 0 bridgehead atoms. The van der Waals surface area contributed by atoms with Gasteiger partial charge < -0.3 is 9.84 Å². The van der Waals surface area contributed by atoms with Crippen molar-refractivity contribution in [1.82, 2.24) is 0 Å². The lowest BCUT2D eigenvalue weighted by molar-refractivity contribution is -0.145. The van der Waals surface area contributed by atoms with E-state index in [-0.39, 0.29) is 17.5 Å². The maximum Gasteiger partial charge on any atom is 0.344 e. The van der Waals surface area contributed by atoms with Crippen LogP contribution >= 0.6 is 11.6 Å². The van der Waals surface area contributed by atoms with Gasteiger partial charge in [-0.25, -0.2) is 9.18 Å². The summed E-state index contributed by atoms with van der Waals surface area (Å²) in [5, 5.41) is 10.3. The zero-order chi connectivity index (χ0) is 24.8. The van der Waals surface area contributed by atoms with Gasteiger partial charge in [0.2, 0.25) is 0 Å². The van der Waals surface area contributed by atoms with Gasteiger partial charge in [0, 0.05) is 10.6 Å². The van der Waals surface area contributed by atoms with Crippen LogP contribution in [0.4, 0.5) is 4.39 Å². The highest BCUT2D eigenvalue weighted by Gasteiger charge is 2.20. The fourth-order valence-electron chi connectivity index (χ4n) is 3.69. The second-order valence-corrected chi connectivity index (χ2v) is 8.46. The summed E-state index contributed by atoms with van der Waals surface area (Å²) in [7, 11) is 0. The van der Waals surface area contributed by atoms with Crippen LogP contribution in [0, 0.1) is 5.82 Å². The lowest BCUT2D eigenvalue weighted by atomic mass is 10.0. The number of rotatable bonds is 9. The normalized spacial score (nSPS) is 11.6. The molecule has 0 saturated carbocycles. The van der Waals surface area contributed by atoms with Crippen LogP contribution < -0.4 is 4.74 Å². The molecule has 6 heteroatoms.